The largest absolute Gasteiger partial charge is 0.506 e. The maximum absolute atomic E-state index is 13.1. The van der Waals surface area contributed by atoms with Crippen LogP contribution >= 0.6 is 0 Å². The molecule has 0 unspecified atom stereocenters. The molecule has 4 nitrogen and oxygen atoms in total. The van der Waals surface area contributed by atoms with E-state index in [4.69, 9.17) is 0 Å². The molecule has 2 aromatic rings. The number of benzene rings is 1. The van der Waals surface area contributed by atoms with Crippen LogP contribution in [-0.4, -0.2) is 21.4 Å². The fourth-order valence-corrected chi connectivity index (χ4v) is 1.31. The Labute approximate surface area is 90.4 Å². The van der Waals surface area contributed by atoms with Gasteiger partial charge in [-0.1, -0.05) is 0 Å². The summed E-state index contributed by atoms with van der Waals surface area (Å²) in [4.78, 5) is 18.4. The van der Waals surface area contributed by atoms with Gasteiger partial charge in [0.05, 0.1) is 11.1 Å². The molecule has 0 saturated heterocycles. The monoisotopic (exact) mass is 218 g/mol. The molecule has 0 radical (unpaired) electrons. The molecule has 0 fully saturated rings. The van der Waals surface area contributed by atoms with Crippen LogP contribution in [0.5, 0.6) is 5.75 Å². The van der Waals surface area contributed by atoms with E-state index in [0.717, 1.165) is 6.07 Å². The second-order valence-corrected chi connectivity index (χ2v) is 3.05. The van der Waals surface area contributed by atoms with Gasteiger partial charge in [-0.3, -0.25) is 4.79 Å². The fraction of sp³-hybridized carbons (Fsp3) is 0. The molecule has 16 heavy (non-hydrogen) atoms. The zero-order valence-electron chi connectivity index (χ0n) is 8.09. The van der Waals surface area contributed by atoms with Gasteiger partial charge in [0.2, 0.25) is 0 Å². The standard InChI is InChI=1S/C11H7FN2O2/c12-9-3-2-7(10(16)8(9)6-15)11-13-4-1-5-14-11/h1-6,16H. The molecular formula is C11H7FN2O2. The minimum absolute atomic E-state index is 0.226. The average Bonchev–Trinajstić information content (AvgIpc) is 2.31. The van der Waals surface area contributed by atoms with E-state index in [2.05, 4.69) is 9.97 Å². The molecule has 2 rings (SSSR count). The average molecular weight is 218 g/mol. The third kappa shape index (κ3) is 1.63. The lowest BCUT2D eigenvalue weighted by Gasteiger charge is -2.05. The minimum Gasteiger partial charge on any atom is -0.506 e. The van der Waals surface area contributed by atoms with Gasteiger partial charge in [-0.05, 0) is 18.2 Å². The van der Waals surface area contributed by atoms with E-state index >= 15 is 0 Å². The van der Waals surface area contributed by atoms with Crippen LogP contribution < -0.4 is 0 Å². The first-order valence-electron chi connectivity index (χ1n) is 4.48. The normalized spacial score (nSPS) is 10.1. The van der Waals surface area contributed by atoms with Crippen LogP contribution in [0.2, 0.25) is 0 Å². The summed E-state index contributed by atoms with van der Waals surface area (Å²) in [7, 11) is 0. The maximum atomic E-state index is 13.1. The number of hydrogen-bond donors (Lipinski definition) is 1. The summed E-state index contributed by atoms with van der Waals surface area (Å²) >= 11 is 0. The van der Waals surface area contributed by atoms with Gasteiger partial charge in [0.15, 0.2) is 12.1 Å². The summed E-state index contributed by atoms with van der Waals surface area (Å²) in [5, 5.41) is 9.67. The molecule has 0 saturated carbocycles. The molecule has 0 spiro atoms. The van der Waals surface area contributed by atoms with Gasteiger partial charge in [-0.15, -0.1) is 0 Å². The third-order valence-corrected chi connectivity index (χ3v) is 2.09. The Morgan fingerprint density at radius 3 is 2.56 bits per heavy atom. The highest BCUT2D eigenvalue weighted by molar-refractivity contribution is 5.84. The molecule has 1 aromatic heterocycles. The Morgan fingerprint density at radius 2 is 1.94 bits per heavy atom. The molecule has 0 aliphatic rings. The number of phenols is 1. The van der Waals surface area contributed by atoms with Crippen LogP contribution in [0.25, 0.3) is 11.4 Å². The fourth-order valence-electron chi connectivity index (χ4n) is 1.31. The zero-order valence-corrected chi connectivity index (χ0v) is 8.09. The Kier molecular flexibility index (Phi) is 2.59. The molecule has 0 bridgehead atoms. The summed E-state index contributed by atoms with van der Waals surface area (Å²) in [6.07, 6.45) is 3.24. The van der Waals surface area contributed by atoms with E-state index in [1.807, 2.05) is 0 Å². The smallest absolute Gasteiger partial charge is 0.162 e. The van der Waals surface area contributed by atoms with E-state index in [-0.39, 0.29) is 23.2 Å². The number of aromatic hydroxyl groups is 1. The number of nitrogens with zero attached hydrogens (tertiary/aromatic N) is 2. The first-order chi connectivity index (χ1) is 7.74. The number of aromatic nitrogens is 2. The molecule has 1 heterocycles. The number of rotatable bonds is 2. The number of carbonyl (C=O) groups is 1. The Bertz CT molecular complexity index is 529. The van der Waals surface area contributed by atoms with E-state index in [1.54, 1.807) is 6.07 Å². The van der Waals surface area contributed by atoms with Gasteiger partial charge in [-0.25, -0.2) is 14.4 Å². The van der Waals surface area contributed by atoms with E-state index < -0.39 is 11.6 Å². The molecule has 0 aliphatic heterocycles. The predicted molar refractivity (Wildman–Crippen MR) is 54.5 cm³/mol. The van der Waals surface area contributed by atoms with Gasteiger partial charge < -0.3 is 5.11 Å². The van der Waals surface area contributed by atoms with Crippen molar-refractivity contribution in [2.45, 2.75) is 0 Å². The summed E-state index contributed by atoms with van der Waals surface area (Å²) < 4.78 is 13.1. The number of aldehydes is 1. The van der Waals surface area contributed by atoms with Crippen molar-refractivity contribution in [3.8, 4) is 17.1 Å². The lowest BCUT2D eigenvalue weighted by Crippen LogP contribution is -1.93. The van der Waals surface area contributed by atoms with Crippen molar-refractivity contribution < 1.29 is 14.3 Å². The van der Waals surface area contributed by atoms with Crippen molar-refractivity contribution in [1.29, 1.82) is 0 Å². The van der Waals surface area contributed by atoms with Crippen molar-refractivity contribution in [2.24, 2.45) is 0 Å². The van der Waals surface area contributed by atoms with E-state index in [1.165, 1.54) is 18.5 Å². The summed E-state index contributed by atoms with van der Waals surface area (Å²) in [5.74, 6) is -0.975. The summed E-state index contributed by atoms with van der Waals surface area (Å²) in [6.45, 7) is 0. The van der Waals surface area contributed by atoms with Gasteiger partial charge >= 0.3 is 0 Å². The molecule has 5 heteroatoms. The van der Waals surface area contributed by atoms with Gasteiger partial charge in [0.1, 0.15) is 11.6 Å². The van der Waals surface area contributed by atoms with Crippen LogP contribution in [-0.2, 0) is 0 Å². The lowest BCUT2D eigenvalue weighted by molar-refractivity contribution is 0.111. The number of phenolic OH excluding ortho intramolecular Hbond substituents is 1. The molecule has 0 atom stereocenters. The van der Waals surface area contributed by atoms with Gasteiger partial charge in [0, 0.05) is 12.4 Å². The van der Waals surface area contributed by atoms with Crippen LogP contribution in [0.3, 0.4) is 0 Å². The van der Waals surface area contributed by atoms with Crippen LogP contribution in [0.15, 0.2) is 30.6 Å². The van der Waals surface area contributed by atoms with Gasteiger partial charge in [0.25, 0.3) is 0 Å². The van der Waals surface area contributed by atoms with Crippen molar-refractivity contribution in [2.75, 3.05) is 0 Å². The highest BCUT2D eigenvalue weighted by atomic mass is 19.1. The highest BCUT2D eigenvalue weighted by Crippen LogP contribution is 2.30. The van der Waals surface area contributed by atoms with Crippen molar-refractivity contribution in [1.82, 2.24) is 9.97 Å². The Morgan fingerprint density at radius 1 is 1.25 bits per heavy atom. The summed E-state index contributed by atoms with van der Waals surface area (Å²) in [6, 6.07) is 4.03. The minimum atomic E-state index is -0.771. The zero-order chi connectivity index (χ0) is 11.5. The lowest BCUT2D eigenvalue weighted by atomic mass is 10.1. The Balaban J connectivity index is 2.64. The van der Waals surface area contributed by atoms with Crippen LogP contribution in [0.1, 0.15) is 10.4 Å². The van der Waals surface area contributed by atoms with Crippen molar-refractivity contribution >= 4 is 6.29 Å². The molecule has 0 amide bonds. The molecule has 1 aromatic carbocycles. The first kappa shape index (κ1) is 10.2. The quantitative estimate of drug-likeness (QED) is 0.780. The molecule has 80 valence electrons. The summed E-state index contributed by atoms with van der Waals surface area (Å²) in [5.41, 5.74) is -0.158. The molecular weight excluding hydrogens is 211 g/mol. The van der Waals surface area contributed by atoms with Gasteiger partial charge in [-0.2, -0.15) is 0 Å². The third-order valence-electron chi connectivity index (χ3n) is 2.09. The van der Waals surface area contributed by atoms with Crippen LogP contribution in [0.4, 0.5) is 4.39 Å². The highest BCUT2D eigenvalue weighted by Gasteiger charge is 2.14. The Hall–Kier alpha value is -2.30. The predicted octanol–water partition coefficient (Wildman–Crippen LogP) is 1.80. The second kappa shape index (κ2) is 4.06. The maximum Gasteiger partial charge on any atom is 0.162 e. The topological polar surface area (TPSA) is 63.1 Å². The van der Waals surface area contributed by atoms with Crippen molar-refractivity contribution in [3.63, 3.8) is 0 Å². The van der Waals surface area contributed by atoms with Crippen LogP contribution in [0, 0.1) is 5.82 Å². The van der Waals surface area contributed by atoms with E-state index in [0.29, 0.717) is 0 Å². The molecule has 0 aliphatic carbocycles. The second-order valence-electron chi connectivity index (χ2n) is 3.05. The first-order valence-corrected chi connectivity index (χ1v) is 4.48. The SMILES string of the molecule is O=Cc1c(F)ccc(-c2ncccn2)c1O. The number of halogens is 1. The molecule has 1 N–H and O–H groups in total. The number of carbonyl (C=O) groups excluding carboxylic acids is 1. The van der Waals surface area contributed by atoms with E-state index in [9.17, 15) is 14.3 Å². The number of hydrogen-bond acceptors (Lipinski definition) is 4. The van der Waals surface area contributed by atoms with Crippen molar-refractivity contribution in [3.05, 3.63) is 42.0 Å².